The summed E-state index contributed by atoms with van der Waals surface area (Å²) in [5.74, 6) is 0.779. The predicted octanol–water partition coefficient (Wildman–Crippen LogP) is 2.56. The maximum absolute atomic E-state index is 12.9. The van der Waals surface area contributed by atoms with Crippen LogP contribution in [0.15, 0.2) is 48.5 Å². The number of hydrogen-bond acceptors (Lipinski definition) is 4. The fraction of sp³-hybridized carbons (Fsp3) is 0.316. The maximum Gasteiger partial charge on any atom is 0.258 e. The van der Waals surface area contributed by atoms with Crippen molar-refractivity contribution in [2.24, 2.45) is 0 Å². The molecule has 4 rings (SSSR count). The number of nitrogens with zero attached hydrogens (tertiary/aromatic N) is 2. The molecule has 5 nitrogen and oxygen atoms in total. The van der Waals surface area contributed by atoms with Gasteiger partial charge in [0.15, 0.2) is 0 Å². The van der Waals surface area contributed by atoms with Gasteiger partial charge in [-0.2, -0.15) is 0 Å². The molecule has 1 saturated heterocycles. The third-order valence-electron chi connectivity index (χ3n) is 4.46. The molecule has 2 aliphatic rings. The predicted molar refractivity (Wildman–Crippen MR) is 93.1 cm³/mol. The van der Waals surface area contributed by atoms with Crippen LogP contribution in [-0.2, 0) is 4.74 Å². The van der Waals surface area contributed by atoms with Crippen LogP contribution in [0.2, 0.25) is 0 Å². The number of carbonyl (C=O) groups is 1. The summed E-state index contributed by atoms with van der Waals surface area (Å²) in [7, 11) is 0. The minimum absolute atomic E-state index is 0.0132. The highest BCUT2D eigenvalue weighted by atomic mass is 16.5. The zero-order chi connectivity index (χ0) is 16.4. The lowest BCUT2D eigenvalue weighted by molar-refractivity contribution is 0.0976. The standard InChI is InChI=1S/C19H20N2O3/c22-19(21-11-14-24-18-4-2-1-3-17(18)21)15-5-7-16(8-6-15)20-9-12-23-13-10-20/h1-8H,9-14H2. The number of amides is 1. The van der Waals surface area contributed by atoms with Gasteiger partial charge in [-0.05, 0) is 36.4 Å². The highest BCUT2D eigenvalue weighted by molar-refractivity contribution is 6.07. The van der Waals surface area contributed by atoms with Crippen LogP contribution in [0.4, 0.5) is 11.4 Å². The molecule has 0 bridgehead atoms. The first-order valence-electron chi connectivity index (χ1n) is 8.29. The number of fused-ring (bicyclic) bond motifs is 1. The number of ether oxygens (including phenoxy) is 2. The van der Waals surface area contributed by atoms with Crippen molar-refractivity contribution in [3.63, 3.8) is 0 Å². The van der Waals surface area contributed by atoms with Crippen molar-refractivity contribution in [1.29, 1.82) is 0 Å². The lowest BCUT2D eigenvalue weighted by atomic mass is 10.1. The molecule has 5 heteroatoms. The molecule has 0 unspecified atom stereocenters. The van der Waals surface area contributed by atoms with Gasteiger partial charge in [0.05, 0.1) is 25.4 Å². The van der Waals surface area contributed by atoms with Crippen LogP contribution in [0, 0.1) is 0 Å². The highest BCUT2D eigenvalue weighted by Gasteiger charge is 2.24. The van der Waals surface area contributed by atoms with Crippen LogP contribution < -0.4 is 14.5 Å². The van der Waals surface area contributed by atoms with E-state index in [-0.39, 0.29) is 5.91 Å². The van der Waals surface area contributed by atoms with Gasteiger partial charge in [-0.15, -0.1) is 0 Å². The van der Waals surface area contributed by atoms with E-state index < -0.39 is 0 Å². The second-order valence-electron chi connectivity index (χ2n) is 5.92. The van der Waals surface area contributed by atoms with Crippen LogP contribution in [0.1, 0.15) is 10.4 Å². The third-order valence-corrected chi connectivity index (χ3v) is 4.46. The van der Waals surface area contributed by atoms with Crippen molar-refractivity contribution in [3.8, 4) is 5.75 Å². The van der Waals surface area contributed by atoms with Crippen molar-refractivity contribution in [1.82, 2.24) is 0 Å². The number of benzene rings is 2. The quantitative estimate of drug-likeness (QED) is 0.851. The minimum atomic E-state index is 0.0132. The number of hydrogen-bond donors (Lipinski definition) is 0. The summed E-state index contributed by atoms with van der Waals surface area (Å²) < 4.78 is 11.0. The summed E-state index contributed by atoms with van der Waals surface area (Å²) in [5, 5.41) is 0. The molecular formula is C19H20N2O3. The molecule has 2 aromatic rings. The molecule has 0 radical (unpaired) electrons. The van der Waals surface area contributed by atoms with E-state index in [1.807, 2.05) is 48.5 Å². The Labute approximate surface area is 141 Å². The monoisotopic (exact) mass is 324 g/mol. The molecule has 2 aromatic carbocycles. The first kappa shape index (κ1) is 15.0. The molecule has 0 aliphatic carbocycles. The molecule has 0 aromatic heterocycles. The fourth-order valence-electron chi connectivity index (χ4n) is 3.17. The average molecular weight is 324 g/mol. The lowest BCUT2D eigenvalue weighted by Gasteiger charge is -2.30. The Morgan fingerprint density at radius 2 is 1.62 bits per heavy atom. The summed E-state index contributed by atoms with van der Waals surface area (Å²) in [4.78, 5) is 17.0. The van der Waals surface area contributed by atoms with Crippen molar-refractivity contribution < 1.29 is 14.3 Å². The lowest BCUT2D eigenvalue weighted by Crippen LogP contribution is -2.38. The zero-order valence-corrected chi connectivity index (χ0v) is 13.5. The number of anilines is 2. The topological polar surface area (TPSA) is 42.0 Å². The molecule has 0 atom stereocenters. The number of morpholine rings is 1. The second kappa shape index (κ2) is 6.53. The van der Waals surface area contributed by atoms with Gasteiger partial charge >= 0.3 is 0 Å². The molecule has 0 spiro atoms. The Kier molecular flexibility index (Phi) is 4.09. The van der Waals surface area contributed by atoms with Crippen LogP contribution in [-0.4, -0.2) is 45.4 Å². The van der Waals surface area contributed by atoms with Gasteiger partial charge in [0.1, 0.15) is 12.4 Å². The smallest absolute Gasteiger partial charge is 0.258 e. The average Bonchev–Trinajstić information content (AvgIpc) is 2.68. The molecule has 124 valence electrons. The molecule has 0 N–H and O–H groups in total. The summed E-state index contributed by atoms with van der Waals surface area (Å²) in [5.41, 5.74) is 2.67. The minimum Gasteiger partial charge on any atom is -0.490 e. The summed E-state index contributed by atoms with van der Waals surface area (Å²) in [6.07, 6.45) is 0. The van der Waals surface area contributed by atoms with E-state index in [4.69, 9.17) is 9.47 Å². The molecule has 1 fully saturated rings. The molecule has 1 amide bonds. The number of para-hydroxylation sites is 2. The van der Waals surface area contributed by atoms with Crippen LogP contribution in [0.25, 0.3) is 0 Å². The van der Waals surface area contributed by atoms with Gasteiger partial charge in [-0.25, -0.2) is 0 Å². The van der Waals surface area contributed by atoms with Crippen LogP contribution in [0.5, 0.6) is 5.75 Å². The Hall–Kier alpha value is -2.53. The molecular weight excluding hydrogens is 304 g/mol. The van der Waals surface area contributed by atoms with Crippen molar-refractivity contribution in [2.45, 2.75) is 0 Å². The van der Waals surface area contributed by atoms with Gasteiger partial charge in [0, 0.05) is 24.3 Å². The zero-order valence-electron chi connectivity index (χ0n) is 13.5. The Bertz CT molecular complexity index is 724. The molecule has 0 saturated carbocycles. The Balaban J connectivity index is 1.55. The summed E-state index contributed by atoms with van der Waals surface area (Å²) in [6.45, 7) is 4.39. The van der Waals surface area contributed by atoms with E-state index in [0.29, 0.717) is 18.7 Å². The fourth-order valence-corrected chi connectivity index (χ4v) is 3.17. The van der Waals surface area contributed by atoms with Crippen molar-refractivity contribution >= 4 is 17.3 Å². The van der Waals surface area contributed by atoms with E-state index >= 15 is 0 Å². The van der Waals surface area contributed by atoms with Gasteiger partial charge in [0.2, 0.25) is 0 Å². The van der Waals surface area contributed by atoms with E-state index in [0.717, 1.165) is 43.4 Å². The van der Waals surface area contributed by atoms with Crippen LogP contribution in [0.3, 0.4) is 0 Å². The van der Waals surface area contributed by atoms with Gasteiger partial charge in [0.25, 0.3) is 5.91 Å². The van der Waals surface area contributed by atoms with E-state index in [1.165, 1.54) is 0 Å². The molecule has 2 heterocycles. The van der Waals surface area contributed by atoms with Gasteiger partial charge < -0.3 is 19.3 Å². The van der Waals surface area contributed by atoms with E-state index in [1.54, 1.807) is 4.90 Å². The summed E-state index contributed by atoms with van der Waals surface area (Å²) >= 11 is 0. The maximum atomic E-state index is 12.9. The molecule has 24 heavy (non-hydrogen) atoms. The summed E-state index contributed by atoms with van der Waals surface area (Å²) in [6, 6.07) is 15.5. The van der Waals surface area contributed by atoms with E-state index in [9.17, 15) is 4.79 Å². The normalized spacial score (nSPS) is 17.2. The first-order chi connectivity index (χ1) is 11.8. The van der Waals surface area contributed by atoms with Crippen molar-refractivity contribution in [2.75, 3.05) is 49.3 Å². The van der Waals surface area contributed by atoms with Gasteiger partial charge in [-0.1, -0.05) is 12.1 Å². The van der Waals surface area contributed by atoms with Gasteiger partial charge in [-0.3, -0.25) is 4.79 Å². The number of rotatable bonds is 2. The first-order valence-corrected chi connectivity index (χ1v) is 8.29. The third kappa shape index (κ3) is 2.83. The second-order valence-corrected chi connectivity index (χ2v) is 5.92. The number of carbonyl (C=O) groups excluding carboxylic acids is 1. The SMILES string of the molecule is O=C(c1ccc(N2CCOCC2)cc1)N1CCOc2ccccc21. The Morgan fingerprint density at radius 1 is 0.875 bits per heavy atom. The largest absolute Gasteiger partial charge is 0.490 e. The van der Waals surface area contributed by atoms with Crippen LogP contribution >= 0.6 is 0 Å². The Morgan fingerprint density at radius 3 is 2.42 bits per heavy atom. The molecule has 2 aliphatic heterocycles. The van der Waals surface area contributed by atoms with Crippen molar-refractivity contribution in [3.05, 3.63) is 54.1 Å². The highest BCUT2D eigenvalue weighted by Crippen LogP contribution is 2.32. The van der Waals surface area contributed by atoms with E-state index in [2.05, 4.69) is 4.90 Å².